The zero-order chi connectivity index (χ0) is 92.0. The van der Waals surface area contributed by atoms with Crippen LogP contribution in [-0.2, 0) is 73.4 Å². The third kappa shape index (κ3) is 41.3. The number of halogens is 5. The van der Waals surface area contributed by atoms with Crippen LogP contribution in [0.3, 0.4) is 0 Å². The van der Waals surface area contributed by atoms with Crippen LogP contribution in [0.2, 0.25) is 0 Å². The second kappa shape index (κ2) is 61.3. The van der Waals surface area contributed by atoms with Crippen LogP contribution in [0.4, 0.5) is 0 Å². The van der Waals surface area contributed by atoms with Crippen LogP contribution in [0.15, 0.2) is 121 Å². The number of benzene rings is 8. The van der Waals surface area contributed by atoms with E-state index in [2.05, 4.69) is 185 Å². The smallest absolute Gasteiger partial charge is 0.344 e. The van der Waals surface area contributed by atoms with Gasteiger partial charge in [-0.1, -0.05) is 130 Å². The van der Waals surface area contributed by atoms with Crippen LogP contribution in [0.1, 0.15) is 235 Å². The molecule has 2 atom stereocenters. The van der Waals surface area contributed by atoms with Gasteiger partial charge in [-0.05, 0) is 314 Å². The molecule has 0 saturated carbocycles. The molecule has 8 aromatic carbocycles. The number of esters is 4. The Balaban J connectivity index is 0.00000168. The Morgan fingerprint density at radius 1 is 0.326 bits per heavy atom. The molecule has 19 N–H and O–H groups in total. The molecule has 0 aliphatic rings. The predicted molar refractivity (Wildman–Crippen MR) is 487 cm³/mol. The monoisotopic (exact) mass is 1890 g/mol. The lowest BCUT2D eigenvalue weighted by atomic mass is 9.91. The lowest BCUT2D eigenvalue weighted by Gasteiger charge is -2.16. The quantitative estimate of drug-likeness (QED) is 0.0104. The topological polar surface area (TPSA) is 379 Å². The third-order valence-electron chi connectivity index (χ3n) is 21.7. The average Bonchev–Trinajstić information content (AvgIpc) is 0.829. The Kier molecular flexibility index (Phi) is 56.9. The fourth-order valence-corrected chi connectivity index (χ4v) is 14.3. The predicted octanol–water partition coefficient (Wildman–Crippen LogP) is -3.19. The summed E-state index contributed by atoms with van der Waals surface area (Å²) in [4.78, 5) is 71.1. The van der Waals surface area contributed by atoms with E-state index >= 15 is 0 Å². The molecular weight excluding hydrogens is 1740 g/mol. The molecule has 1 unspecified atom stereocenters. The Bertz CT molecular complexity index is 4600. The molecule has 23 nitrogen and oxygen atoms in total. The van der Waals surface area contributed by atoms with E-state index in [0.29, 0.717) is 72.6 Å². The zero-order valence-corrected chi connectivity index (χ0v) is 83.5. The number of unbranched alkanes of at least 4 members (excludes halogenated alkanes) is 1. The van der Waals surface area contributed by atoms with Gasteiger partial charge in [0.1, 0.15) is 74.0 Å². The fourth-order valence-electron chi connectivity index (χ4n) is 14.3. The molecule has 0 aromatic heterocycles. The van der Waals surface area contributed by atoms with Crippen LogP contribution in [-0.4, -0.2) is 144 Å². The number of aromatic hydroxyl groups is 2. The average molecular weight is 1890 g/mol. The first-order valence-electron chi connectivity index (χ1n) is 43.7. The van der Waals surface area contributed by atoms with Crippen molar-refractivity contribution in [1.29, 1.82) is 0 Å². The summed E-state index contributed by atoms with van der Waals surface area (Å²) >= 11 is 0. The number of ether oxygens (including phenoxy) is 8. The number of carbonyl (C=O) groups excluding carboxylic acids is 6. The number of amides is 2. The van der Waals surface area contributed by atoms with Crippen molar-refractivity contribution in [3.63, 3.8) is 0 Å². The number of phenolic OH excluding ortho intramolecular Hbond substituents is 2. The van der Waals surface area contributed by atoms with Crippen molar-refractivity contribution in [2.75, 3.05) is 85.6 Å². The van der Waals surface area contributed by atoms with Gasteiger partial charge >= 0.3 is 23.9 Å². The normalized spacial score (nSPS) is 11.1. The lowest BCUT2D eigenvalue weighted by Crippen LogP contribution is -3.00. The van der Waals surface area contributed by atoms with Crippen molar-refractivity contribution in [2.24, 2.45) is 5.92 Å². The van der Waals surface area contributed by atoms with E-state index in [1.807, 2.05) is 102 Å². The summed E-state index contributed by atoms with van der Waals surface area (Å²) in [6, 6.07) is 40.0. The standard InChI is InChI=1S/C28H41N3O5.C27H38N2O5.2C23H31NO3.5ClH/c1-18(2)23-15-21(8-9-26(23)32)16-24-19(3)13-22(14-20(24)4)36-17-27(33)35-12-11-31-28(34)25(30)7-5-6-10-29;1-16(2)22-13-20(7-8-24(22)30)14-23-18(5)11-21(12-19(23)6)34-15-25(31)33-10-9-29-27(32)26(28)17(3)4;2*1-15(2)21-12-19(7-6-16(21)3)13-22-17(4)10-20(11-18(22)5)27-14-23(25)26-9-8-24;;;;;/h8-9,13-15,18,25,32H,5-7,10-12,16-17,29-30H2,1-4H3,(H,31,34);7-8,11-13,16-17,26,30H,9-10,14-15,28H2,1-6H3,(H,29,32);2*6-7,10-12,15H,8-9,13-14,24H2,1-5H3;5*1H/t25-;;;;;;;;/m0......../s1. The zero-order valence-electron chi connectivity index (χ0n) is 79.8. The fraction of sp³-hybridized carbons (Fsp3) is 0.465. The molecule has 0 heterocycles. The second-order valence-corrected chi connectivity index (χ2v) is 33.9. The maximum Gasteiger partial charge on any atom is 0.344 e. The Morgan fingerprint density at radius 2 is 0.581 bits per heavy atom. The minimum atomic E-state index is -0.492. The molecule has 8 rings (SSSR count). The highest BCUT2D eigenvalue weighted by molar-refractivity contribution is 5.81. The number of hydrogen-bond acceptors (Lipinski definition) is 16. The van der Waals surface area contributed by atoms with Gasteiger partial charge in [0, 0.05) is 12.3 Å². The number of nitrogens with one attached hydrogen (secondary N) is 2. The van der Waals surface area contributed by atoms with Gasteiger partial charge in [0.05, 0.1) is 19.6 Å². The van der Waals surface area contributed by atoms with E-state index in [9.17, 15) is 39.0 Å². The summed E-state index contributed by atoms with van der Waals surface area (Å²) in [7, 11) is 0. The van der Waals surface area contributed by atoms with E-state index in [-0.39, 0.29) is 168 Å². The van der Waals surface area contributed by atoms with Crippen molar-refractivity contribution in [3.8, 4) is 34.5 Å². The van der Waals surface area contributed by atoms with Crippen LogP contribution in [0.25, 0.3) is 0 Å². The molecule has 129 heavy (non-hydrogen) atoms. The number of carbonyl (C=O) groups is 6. The highest BCUT2D eigenvalue weighted by Gasteiger charge is 2.23. The highest BCUT2D eigenvalue weighted by Crippen LogP contribution is 2.34. The van der Waals surface area contributed by atoms with Gasteiger partial charge in [-0.25, -0.2) is 19.2 Å². The van der Waals surface area contributed by atoms with Gasteiger partial charge in [-0.15, -0.1) is 0 Å². The van der Waals surface area contributed by atoms with Gasteiger partial charge in [0.2, 0.25) is 0 Å². The van der Waals surface area contributed by atoms with E-state index in [0.717, 1.165) is 96.0 Å². The van der Waals surface area contributed by atoms with Crippen molar-refractivity contribution < 1.29 is 168 Å². The minimum Gasteiger partial charge on any atom is -1.00 e. The van der Waals surface area contributed by atoms with Gasteiger partial charge < -0.3 is 149 Å². The molecule has 0 aliphatic heterocycles. The summed E-state index contributed by atoms with van der Waals surface area (Å²) in [5.41, 5.74) is 45.0. The van der Waals surface area contributed by atoms with Gasteiger partial charge in [-0.2, -0.15) is 0 Å². The van der Waals surface area contributed by atoms with Crippen LogP contribution in [0.5, 0.6) is 34.5 Å². The van der Waals surface area contributed by atoms with Crippen LogP contribution in [0, 0.1) is 75.2 Å². The molecule has 0 fully saturated rings. The number of quaternary nitrogens is 5. The first-order chi connectivity index (χ1) is 58.7. The van der Waals surface area contributed by atoms with Crippen LogP contribution < -0.4 is 120 Å². The number of hydrogen-bond donors (Lipinski definition) is 9. The van der Waals surface area contributed by atoms with Crippen molar-refractivity contribution in [3.05, 3.63) is 244 Å². The van der Waals surface area contributed by atoms with Gasteiger partial charge in [0.25, 0.3) is 11.8 Å². The SMILES string of the molecule is Cc1cc(OCC(=O)OCCNC(=O)C([NH3+])C(C)C)cc(C)c1Cc1ccc(O)c(C(C)C)c1.Cc1cc(OCC(=O)OCCNC(=O)[C@@H]([NH3+])CCCC[NH3+])cc(C)c1Cc1ccc(O)c(C(C)C)c1.Cc1ccc(Cc2c(C)cc(OCC(=O)OCC[NH3+])cc2C)cc1C(C)C.Cc1ccc(Cc2c(C)cc(OCC(=O)OCC[NH3+])cc2C)cc1C(C)C.[Cl-].[Cl-].[Cl-].[Cl-].[Cl-]. The van der Waals surface area contributed by atoms with E-state index in [1.54, 1.807) is 12.1 Å². The molecule has 0 bridgehead atoms. The Labute approximate surface area is 797 Å². The van der Waals surface area contributed by atoms with Crippen molar-refractivity contribution in [2.45, 2.75) is 219 Å². The largest absolute Gasteiger partial charge is 1.00 e. The molecule has 0 spiro atoms. The molecule has 2 amide bonds. The number of phenols is 2. The summed E-state index contributed by atoms with van der Waals surface area (Å²) in [5, 5.41) is 25.6. The Morgan fingerprint density at radius 3 is 0.837 bits per heavy atom. The molecular formula is C101H146Cl5N7O16. The van der Waals surface area contributed by atoms with Crippen LogP contribution >= 0.6 is 0 Å². The second-order valence-electron chi connectivity index (χ2n) is 33.9. The van der Waals surface area contributed by atoms with Gasteiger partial charge in [0.15, 0.2) is 38.5 Å². The molecule has 28 heteroatoms. The lowest BCUT2D eigenvalue weighted by molar-refractivity contribution is -0.414. The van der Waals surface area contributed by atoms with E-state index in [4.69, 9.17) is 37.9 Å². The molecule has 0 saturated heterocycles. The first-order valence-corrected chi connectivity index (χ1v) is 43.7. The summed E-state index contributed by atoms with van der Waals surface area (Å²) in [6.07, 6.45) is 5.91. The molecule has 0 radical (unpaired) electrons. The molecule has 0 aliphatic carbocycles. The summed E-state index contributed by atoms with van der Waals surface area (Å²) in [6.45, 7) is 44.6. The first kappa shape index (κ1) is 120. The third-order valence-corrected chi connectivity index (χ3v) is 21.7. The number of rotatable bonds is 41. The summed E-state index contributed by atoms with van der Waals surface area (Å²) in [5.74, 6) is 2.95. The maximum absolute atomic E-state index is 12.1. The van der Waals surface area contributed by atoms with E-state index in [1.165, 1.54) is 77.9 Å². The van der Waals surface area contributed by atoms with Gasteiger partial charge in [-0.3, -0.25) is 9.59 Å². The highest BCUT2D eigenvalue weighted by atomic mass is 35.5. The molecule has 716 valence electrons. The van der Waals surface area contributed by atoms with Crippen molar-refractivity contribution >= 4 is 35.7 Å². The van der Waals surface area contributed by atoms with E-state index < -0.39 is 11.9 Å². The Hall–Kier alpha value is -9.37. The minimum absolute atomic E-state index is 0. The van der Waals surface area contributed by atoms with Crippen molar-refractivity contribution in [1.82, 2.24) is 10.6 Å². The summed E-state index contributed by atoms with van der Waals surface area (Å²) < 4.78 is 42.8. The molecule has 8 aromatic rings. The number of aryl methyl sites for hydroxylation is 10. The maximum atomic E-state index is 12.1.